The van der Waals surface area contributed by atoms with Gasteiger partial charge in [0.25, 0.3) is 0 Å². The predicted molar refractivity (Wildman–Crippen MR) is 57.2 cm³/mol. The molecule has 84 valence electrons. The number of aliphatic carboxylic acids is 1. The van der Waals surface area contributed by atoms with Gasteiger partial charge in [-0.1, -0.05) is 0 Å². The molecule has 1 saturated heterocycles. The highest BCUT2D eigenvalue weighted by Crippen LogP contribution is 2.27. The normalized spacial score (nSPS) is 24.9. The molecule has 1 aromatic rings. The maximum Gasteiger partial charge on any atom is 0.308 e. The third kappa shape index (κ3) is 2.30. The van der Waals surface area contributed by atoms with Gasteiger partial charge in [0, 0.05) is 32.3 Å². The van der Waals surface area contributed by atoms with Gasteiger partial charge in [-0.05, 0) is 5.56 Å². The van der Waals surface area contributed by atoms with Crippen LogP contribution in [0, 0.1) is 5.92 Å². The van der Waals surface area contributed by atoms with E-state index >= 15 is 0 Å². The Balaban J connectivity index is 0.00000112. The lowest BCUT2D eigenvalue weighted by Gasteiger charge is -2.11. The van der Waals surface area contributed by atoms with Crippen molar-refractivity contribution < 1.29 is 9.90 Å². The Bertz CT molecular complexity index is 353. The van der Waals surface area contributed by atoms with E-state index < -0.39 is 5.97 Å². The zero-order valence-corrected chi connectivity index (χ0v) is 9.20. The first-order valence-corrected chi connectivity index (χ1v) is 4.60. The lowest BCUT2D eigenvalue weighted by atomic mass is 9.91. The number of carboxylic acids is 1. The van der Waals surface area contributed by atoms with E-state index in [1.165, 1.54) is 0 Å². The van der Waals surface area contributed by atoms with E-state index in [9.17, 15) is 4.79 Å². The molecule has 0 spiro atoms. The molecular weight excluding hydrogens is 218 g/mol. The molecule has 0 amide bonds. The molecular formula is C9H14ClN3O2. The van der Waals surface area contributed by atoms with Crippen LogP contribution >= 0.6 is 12.4 Å². The van der Waals surface area contributed by atoms with E-state index in [1.54, 1.807) is 10.9 Å². The summed E-state index contributed by atoms with van der Waals surface area (Å²) in [6.07, 6.45) is 3.63. The molecule has 1 aromatic heterocycles. The number of nitrogens with one attached hydrogen (secondary N) is 1. The van der Waals surface area contributed by atoms with E-state index in [0.29, 0.717) is 6.54 Å². The molecule has 2 N–H and O–H groups in total. The average molecular weight is 232 g/mol. The molecule has 0 unspecified atom stereocenters. The van der Waals surface area contributed by atoms with E-state index in [0.717, 1.165) is 12.1 Å². The standard InChI is InChI=1S/C9H13N3O2.ClH/c1-12-5-6(2-11-12)7-3-10-4-8(7)9(13)14;/h2,5,7-8,10H,3-4H2,1H3,(H,13,14);1H/t7-,8+;/m0./s1. The molecule has 1 fully saturated rings. The zero-order chi connectivity index (χ0) is 10.1. The number of rotatable bonds is 2. The molecule has 0 aliphatic carbocycles. The zero-order valence-electron chi connectivity index (χ0n) is 8.38. The van der Waals surface area contributed by atoms with Crippen LogP contribution in [-0.2, 0) is 11.8 Å². The van der Waals surface area contributed by atoms with Crippen LogP contribution in [0.2, 0.25) is 0 Å². The van der Waals surface area contributed by atoms with Gasteiger partial charge in [-0.3, -0.25) is 9.48 Å². The van der Waals surface area contributed by atoms with Gasteiger partial charge in [-0.2, -0.15) is 5.10 Å². The van der Waals surface area contributed by atoms with Crippen molar-refractivity contribution in [1.82, 2.24) is 15.1 Å². The molecule has 2 atom stereocenters. The summed E-state index contributed by atoms with van der Waals surface area (Å²) >= 11 is 0. The number of aromatic nitrogens is 2. The first kappa shape index (κ1) is 12.0. The largest absolute Gasteiger partial charge is 0.481 e. The molecule has 5 nitrogen and oxygen atoms in total. The van der Waals surface area contributed by atoms with Crippen LogP contribution in [0.5, 0.6) is 0 Å². The van der Waals surface area contributed by atoms with Gasteiger partial charge in [0.1, 0.15) is 0 Å². The molecule has 15 heavy (non-hydrogen) atoms. The predicted octanol–water partition coefficient (Wildman–Crippen LogP) is 0.229. The van der Waals surface area contributed by atoms with Crippen LogP contribution in [0.4, 0.5) is 0 Å². The van der Waals surface area contributed by atoms with Crippen molar-refractivity contribution in [3.63, 3.8) is 0 Å². The van der Waals surface area contributed by atoms with Crippen LogP contribution in [0.3, 0.4) is 0 Å². The Hall–Kier alpha value is -1.07. The van der Waals surface area contributed by atoms with E-state index in [4.69, 9.17) is 5.11 Å². The highest BCUT2D eigenvalue weighted by molar-refractivity contribution is 5.85. The Labute approximate surface area is 93.9 Å². The van der Waals surface area contributed by atoms with Gasteiger partial charge in [0.15, 0.2) is 0 Å². The Kier molecular flexibility index (Phi) is 3.71. The summed E-state index contributed by atoms with van der Waals surface area (Å²) in [5.74, 6) is -0.996. The van der Waals surface area contributed by atoms with Crippen molar-refractivity contribution in [2.45, 2.75) is 5.92 Å². The highest BCUT2D eigenvalue weighted by Gasteiger charge is 2.34. The summed E-state index contributed by atoms with van der Waals surface area (Å²) in [5, 5.41) is 16.1. The first-order chi connectivity index (χ1) is 6.68. The van der Waals surface area contributed by atoms with Crippen LogP contribution < -0.4 is 5.32 Å². The van der Waals surface area contributed by atoms with Crippen LogP contribution in [0.25, 0.3) is 0 Å². The summed E-state index contributed by atoms with van der Waals surface area (Å²) in [5.41, 5.74) is 1.00. The van der Waals surface area contributed by atoms with Crippen LogP contribution in [-0.4, -0.2) is 33.9 Å². The fraction of sp³-hybridized carbons (Fsp3) is 0.556. The number of hydrogen-bond acceptors (Lipinski definition) is 3. The Morgan fingerprint density at radius 3 is 2.93 bits per heavy atom. The number of hydrogen-bond donors (Lipinski definition) is 2. The van der Waals surface area contributed by atoms with Gasteiger partial charge in [-0.25, -0.2) is 0 Å². The average Bonchev–Trinajstić information content (AvgIpc) is 2.70. The monoisotopic (exact) mass is 231 g/mol. The van der Waals surface area contributed by atoms with Gasteiger partial charge < -0.3 is 10.4 Å². The molecule has 0 saturated carbocycles. The second-order valence-corrected chi connectivity index (χ2v) is 3.66. The smallest absolute Gasteiger partial charge is 0.308 e. The van der Waals surface area contributed by atoms with Gasteiger partial charge in [0.05, 0.1) is 12.1 Å². The Morgan fingerprint density at radius 1 is 1.67 bits per heavy atom. The van der Waals surface area contributed by atoms with Gasteiger partial charge >= 0.3 is 5.97 Å². The second kappa shape index (κ2) is 4.63. The molecule has 0 aromatic carbocycles. The topological polar surface area (TPSA) is 67.2 Å². The summed E-state index contributed by atoms with van der Waals surface area (Å²) < 4.78 is 1.70. The van der Waals surface area contributed by atoms with Crippen molar-refractivity contribution >= 4 is 18.4 Å². The van der Waals surface area contributed by atoms with Gasteiger partial charge in [0.2, 0.25) is 0 Å². The highest BCUT2D eigenvalue weighted by atomic mass is 35.5. The van der Waals surface area contributed by atoms with Crippen molar-refractivity contribution in [3.05, 3.63) is 18.0 Å². The lowest BCUT2D eigenvalue weighted by molar-refractivity contribution is -0.141. The SMILES string of the molecule is Cl.Cn1cc([C@@H]2CNC[C@H]2C(=O)O)cn1. The van der Waals surface area contributed by atoms with Crippen molar-refractivity contribution in [2.75, 3.05) is 13.1 Å². The maximum atomic E-state index is 10.9. The van der Waals surface area contributed by atoms with Crippen molar-refractivity contribution in [2.24, 2.45) is 13.0 Å². The molecule has 0 radical (unpaired) electrons. The van der Waals surface area contributed by atoms with Crippen LogP contribution in [0.1, 0.15) is 11.5 Å². The number of nitrogens with zero attached hydrogens (tertiary/aromatic N) is 2. The fourth-order valence-corrected chi connectivity index (χ4v) is 1.92. The molecule has 6 heteroatoms. The lowest BCUT2D eigenvalue weighted by Crippen LogP contribution is -2.20. The maximum absolute atomic E-state index is 10.9. The second-order valence-electron chi connectivity index (χ2n) is 3.66. The summed E-state index contributed by atoms with van der Waals surface area (Å²) in [6.45, 7) is 1.28. The first-order valence-electron chi connectivity index (χ1n) is 4.60. The van der Waals surface area contributed by atoms with Gasteiger partial charge in [-0.15, -0.1) is 12.4 Å². The molecule has 2 rings (SSSR count). The summed E-state index contributed by atoms with van der Waals surface area (Å²) in [7, 11) is 1.83. The van der Waals surface area contributed by atoms with E-state index in [-0.39, 0.29) is 24.2 Å². The number of carbonyl (C=O) groups is 1. The van der Waals surface area contributed by atoms with Crippen molar-refractivity contribution in [3.8, 4) is 0 Å². The number of aryl methyl sites for hydroxylation is 1. The third-order valence-corrected chi connectivity index (χ3v) is 2.68. The number of carboxylic acid groups (broad SMARTS) is 1. The molecule has 2 heterocycles. The fourth-order valence-electron chi connectivity index (χ4n) is 1.92. The summed E-state index contributed by atoms with van der Waals surface area (Å²) in [4.78, 5) is 10.9. The molecule has 0 bridgehead atoms. The Morgan fingerprint density at radius 2 is 2.40 bits per heavy atom. The number of halogens is 1. The minimum atomic E-state index is -0.733. The quantitative estimate of drug-likeness (QED) is 0.765. The van der Waals surface area contributed by atoms with E-state index in [2.05, 4.69) is 10.4 Å². The molecule has 1 aliphatic rings. The van der Waals surface area contributed by atoms with Crippen LogP contribution in [0.15, 0.2) is 12.4 Å². The minimum absolute atomic E-state index is 0. The van der Waals surface area contributed by atoms with E-state index in [1.807, 2.05) is 13.2 Å². The minimum Gasteiger partial charge on any atom is -0.481 e. The molecule has 1 aliphatic heterocycles. The van der Waals surface area contributed by atoms with Crippen molar-refractivity contribution in [1.29, 1.82) is 0 Å². The third-order valence-electron chi connectivity index (χ3n) is 2.68. The summed E-state index contributed by atoms with van der Waals surface area (Å²) in [6, 6.07) is 0.